The van der Waals surface area contributed by atoms with Crippen LogP contribution in [0.2, 0.25) is 10.0 Å². The number of nitrogens with one attached hydrogen (secondary N) is 2. The van der Waals surface area contributed by atoms with Crippen LogP contribution in [0.5, 0.6) is 0 Å². The van der Waals surface area contributed by atoms with Crippen LogP contribution in [0.1, 0.15) is 20.8 Å². The average molecular weight is 470 g/mol. The van der Waals surface area contributed by atoms with Crippen LogP contribution in [0.4, 0.5) is 11.4 Å². The minimum atomic E-state index is -0.620. The van der Waals surface area contributed by atoms with Crippen LogP contribution in [0.25, 0.3) is 0 Å². The van der Waals surface area contributed by atoms with E-state index in [1.807, 2.05) is 12.1 Å². The summed E-state index contributed by atoms with van der Waals surface area (Å²) in [6.45, 7) is 5.37. The molecule has 0 aromatic heterocycles. The minimum Gasteiger partial charge on any atom is -0.351 e. The fraction of sp³-hybridized carbons (Fsp3) is 0.200. The number of halogens is 3. The van der Waals surface area contributed by atoms with Crippen LogP contribution in [-0.4, -0.2) is 11.7 Å². The third-order valence-electron chi connectivity index (χ3n) is 3.56. The second-order valence-electron chi connectivity index (χ2n) is 6.88. The lowest BCUT2D eigenvalue weighted by Crippen LogP contribution is -2.24. The SMILES string of the molecule is CC(C)(C)C(=O)C=C(Nc1ccc(Br)cc1)C(=O)Nc1ccc(Cl)cc1Cl. The first kappa shape index (κ1) is 21.5. The molecule has 0 unspecified atom stereocenters. The van der Waals surface area contributed by atoms with Crippen molar-refractivity contribution in [2.75, 3.05) is 10.6 Å². The third kappa shape index (κ3) is 6.38. The van der Waals surface area contributed by atoms with Crippen molar-refractivity contribution in [1.82, 2.24) is 0 Å². The van der Waals surface area contributed by atoms with Gasteiger partial charge in [-0.3, -0.25) is 9.59 Å². The van der Waals surface area contributed by atoms with Gasteiger partial charge < -0.3 is 10.6 Å². The molecule has 2 aromatic carbocycles. The molecule has 0 bridgehead atoms. The van der Waals surface area contributed by atoms with E-state index in [2.05, 4.69) is 26.6 Å². The van der Waals surface area contributed by atoms with Crippen LogP contribution in [0, 0.1) is 5.41 Å². The fourth-order valence-electron chi connectivity index (χ4n) is 1.98. The highest BCUT2D eigenvalue weighted by Crippen LogP contribution is 2.26. The summed E-state index contributed by atoms with van der Waals surface area (Å²) in [6, 6.07) is 12.0. The van der Waals surface area contributed by atoms with Gasteiger partial charge in [0.05, 0.1) is 10.7 Å². The molecule has 0 saturated carbocycles. The Labute approximate surface area is 177 Å². The fourth-order valence-corrected chi connectivity index (χ4v) is 2.70. The normalized spacial score (nSPS) is 11.9. The summed E-state index contributed by atoms with van der Waals surface area (Å²) in [6.07, 6.45) is 1.31. The lowest BCUT2D eigenvalue weighted by molar-refractivity contribution is -0.122. The number of allylic oxidation sites excluding steroid dienone is 1. The Hall–Kier alpha value is -1.82. The minimum absolute atomic E-state index is 0.114. The molecule has 1 amide bonds. The van der Waals surface area contributed by atoms with Gasteiger partial charge >= 0.3 is 0 Å². The van der Waals surface area contributed by atoms with Gasteiger partial charge in [0.1, 0.15) is 5.70 Å². The van der Waals surface area contributed by atoms with Gasteiger partial charge in [0, 0.05) is 26.7 Å². The summed E-state index contributed by atoms with van der Waals surface area (Å²) in [5.41, 5.74) is 0.565. The van der Waals surface area contributed by atoms with Crippen molar-refractivity contribution in [3.05, 3.63) is 68.8 Å². The largest absolute Gasteiger partial charge is 0.351 e. The zero-order valence-electron chi connectivity index (χ0n) is 15.1. The van der Waals surface area contributed by atoms with E-state index < -0.39 is 11.3 Å². The molecule has 0 saturated heterocycles. The van der Waals surface area contributed by atoms with E-state index in [1.165, 1.54) is 12.1 Å². The maximum Gasteiger partial charge on any atom is 0.272 e. The molecule has 2 aromatic rings. The molecular weight excluding hydrogens is 451 g/mol. The molecule has 0 atom stereocenters. The lowest BCUT2D eigenvalue weighted by atomic mass is 9.90. The van der Waals surface area contributed by atoms with Gasteiger partial charge in [-0.05, 0) is 42.5 Å². The molecule has 142 valence electrons. The number of amides is 1. The van der Waals surface area contributed by atoms with Gasteiger partial charge in [-0.1, -0.05) is 59.9 Å². The Morgan fingerprint density at radius 2 is 1.63 bits per heavy atom. The van der Waals surface area contributed by atoms with Gasteiger partial charge in [-0.25, -0.2) is 0 Å². The molecule has 4 nitrogen and oxygen atoms in total. The Bertz CT molecular complexity index is 888. The first-order valence-electron chi connectivity index (χ1n) is 8.11. The van der Waals surface area contributed by atoms with Gasteiger partial charge in [-0.2, -0.15) is 0 Å². The van der Waals surface area contributed by atoms with E-state index in [4.69, 9.17) is 23.2 Å². The van der Waals surface area contributed by atoms with Crippen molar-refractivity contribution in [2.45, 2.75) is 20.8 Å². The molecule has 0 heterocycles. The zero-order chi connectivity index (χ0) is 20.2. The molecule has 0 aliphatic rings. The molecule has 2 N–H and O–H groups in total. The topological polar surface area (TPSA) is 58.2 Å². The summed E-state index contributed by atoms with van der Waals surface area (Å²) in [5.74, 6) is -0.667. The molecule has 0 aliphatic carbocycles. The highest BCUT2D eigenvalue weighted by atomic mass is 79.9. The second-order valence-corrected chi connectivity index (χ2v) is 8.64. The summed E-state index contributed by atoms with van der Waals surface area (Å²) in [4.78, 5) is 25.2. The smallest absolute Gasteiger partial charge is 0.272 e. The molecule has 0 radical (unpaired) electrons. The average Bonchev–Trinajstić information content (AvgIpc) is 2.57. The first-order valence-corrected chi connectivity index (χ1v) is 9.66. The number of ketones is 1. The summed E-state index contributed by atoms with van der Waals surface area (Å²) in [5, 5.41) is 6.47. The van der Waals surface area contributed by atoms with E-state index >= 15 is 0 Å². The van der Waals surface area contributed by atoms with Gasteiger partial charge in [0.2, 0.25) is 0 Å². The maximum absolute atomic E-state index is 12.8. The Morgan fingerprint density at radius 3 is 2.19 bits per heavy atom. The van der Waals surface area contributed by atoms with Crippen molar-refractivity contribution < 1.29 is 9.59 Å². The Balaban J connectivity index is 2.32. The maximum atomic E-state index is 12.8. The van der Waals surface area contributed by atoms with Crippen molar-refractivity contribution in [2.24, 2.45) is 5.41 Å². The predicted octanol–water partition coefficient (Wildman–Crippen LogP) is 6.31. The number of carbonyl (C=O) groups is 2. The molecule has 27 heavy (non-hydrogen) atoms. The van der Waals surface area contributed by atoms with Crippen molar-refractivity contribution in [1.29, 1.82) is 0 Å². The Kier molecular flexibility index (Phi) is 7.09. The highest BCUT2D eigenvalue weighted by molar-refractivity contribution is 9.10. The van der Waals surface area contributed by atoms with Crippen LogP contribution in [0.15, 0.2) is 58.7 Å². The lowest BCUT2D eigenvalue weighted by Gasteiger charge is -2.17. The number of anilines is 2. The Morgan fingerprint density at radius 1 is 1.00 bits per heavy atom. The molecule has 0 aliphatic heterocycles. The van der Waals surface area contributed by atoms with E-state index in [0.29, 0.717) is 21.4 Å². The van der Waals surface area contributed by atoms with Crippen molar-refractivity contribution in [3.63, 3.8) is 0 Å². The number of carbonyl (C=O) groups excluding carboxylic acids is 2. The standard InChI is InChI=1S/C20H19BrCl2N2O2/c1-20(2,3)18(26)11-17(24-14-7-4-12(21)5-8-14)19(27)25-16-9-6-13(22)10-15(16)23/h4-11,24H,1-3H3,(H,25,27). The second kappa shape index (κ2) is 8.91. The number of benzene rings is 2. The molecule has 0 fully saturated rings. The molecular formula is C20H19BrCl2N2O2. The first-order chi connectivity index (χ1) is 12.6. The van der Waals surface area contributed by atoms with Crippen LogP contribution in [-0.2, 0) is 9.59 Å². The third-order valence-corrected chi connectivity index (χ3v) is 4.64. The number of rotatable bonds is 5. The molecule has 2 rings (SSSR count). The van der Waals surface area contributed by atoms with Gasteiger partial charge in [-0.15, -0.1) is 0 Å². The van der Waals surface area contributed by atoms with Gasteiger partial charge in [0.25, 0.3) is 5.91 Å². The van der Waals surface area contributed by atoms with Crippen molar-refractivity contribution in [3.8, 4) is 0 Å². The van der Waals surface area contributed by atoms with E-state index in [-0.39, 0.29) is 11.5 Å². The number of hydrogen-bond donors (Lipinski definition) is 2. The van der Waals surface area contributed by atoms with Crippen molar-refractivity contribution >= 4 is 62.2 Å². The summed E-state index contributed by atoms with van der Waals surface area (Å²) in [7, 11) is 0. The van der Waals surface area contributed by atoms with Gasteiger partial charge in [0.15, 0.2) is 5.78 Å². The molecule has 0 spiro atoms. The van der Waals surface area contributed by atoms with Crippen LogP contribution >= 0.6 is 39.1 Å². The van der Waals surface area contributed by atoms with E-state index in [0.717, 1.165) is 4.47 Å². The number of hydrogen-bond acceptors (Lipinski definition) is 3. The van der Waals surface area contributed by atoms with E-state index in [1.54, 1.807) is 45.0 Å². The zero-order valence-corrected chi connectivity index (χ0v) is 18.2. The monoisotopic (exact) mass is 468 g/mol. The van der Waals surface area contributed by atoms with Crippen LogP contribution < -0.4 is 10.6 Å². The highest BCUT2D eigenvalue weighted by Gasteiger charge is 2.22. The van der Waals surface area contributed by atoms with E-state index in [9.17, 15) is 9.59 Å². The van der Waals surface area contributed by atoms with Crippen LogP contribution in [0.3, 0.4) is 0 Å². The molecule has 7 heteroatoms. The quantitative estimate of drug-likeness (QED) is 0.504. The summed E-state index contributed by atoms with van der Waals surface area (Å²) < 4.78 is 0.904. The summed E-state index contributed by atoms with van der Waals surface area (Å²) >= 11 is 15.4. The predicted molar refractivity (Wildman–Crippen MR) is 115 cm³/mol.